The van der Waals surface area contributed by atoms with Crippen molar-refractivity contribution in [3.05, 3.63) is 67.9 Å². The van der Waals surface area contributed by atoms with E-state index in [1.807, 2.05) is 19.1 Å². The van der Waals surface area contributed by atoms with Crippen LogP contribution < -0.4 is 5.32 Å². The lowest BCUT2D eigenvalue weighted by atomic mass is 10.1. The van der Waals surface area contributed by atoms with Gasteiger partial charge in [-0.25, -0.2) is 0 Å². The maximum Gasteiger partial charge on any atom is 0.275 e. The highest BCUT2D eigenvalue weighted by molar-refractivity contribution is 9.10. The van der Waals surface area contributed by atoms with E-state index in [-0.39, 0.29) is 10.6 Å². The maximum atomic E-state index is 11.0. The fourth-order valence-corrected chi connectivity index (χ4v) is 2.15. The van der Waals surface area contributed by atoms with Gasteiger partial charge in [-0.2, -0.15) is 0 Å². The third kappa shape index (κ3) is 3.85. The van der Waals surface area contributed by atoms with Crippen molar-refractivity contribution in [2.75, 3.05) is 0 Å². The molecular weight excluding hydrogens is 322 g/mol. The van der Waals surface area contributed by atoms with Gasteiger partial charge in [-0.3, -0.25) is 15.1 Å². The summed E-state index contributed by atoms with van der Waals surface area (Å²) in [6, 6.07) is 9.01. The highest BCUT2D eigenvalue weighted by Gasteiger charge is 2.13. The average Bonchev–Trinajstić information content (AvgIpc) is 2.42. The molecule has 0 saturated heterocycles. The predicted molar refractivity (Wildman–Crippen MR) is 80.3 cm³/mol. The standard InChI is InChI=1S/C14H14BrN3O2/c1-10-2-3-11(8-17-10)7-16-9-12-4-5-13(15)6-14(12)18(19)20/h2-6,8,16H,7,9H2,1H3. The summed E-state index contributed by atoms with van der Waals surface area (Å²) in [7, 11) is 0. The molecule has 20 heavy (non-hydrogen) atoms. The minimum absolute atomic E-state index is 0.119. The Kier molecular flexibility index (Phi) is 4.81. The monoisotopic (exact) mass is 335 g/mol. The fourth-order valence-electron chi connectivity index (χ4n) is 1.80. The number of nitro benzene ring substituents is 1. The zero-order valence-corrected chi connectivity index (χ0v) is 12.6. The van der Waals surface area contributed by atoms with Crippen molar-refractivity contribution in [1.82, 2.24) is 10.3 Å². The van der Waals surface area contributed by atoms with E-state index < -0.39 is 0 Å². The lowest BCUT2D eigenvalue weighted by Crippen LogP contribution is -2.14. The Balaban J connectivity index is 2.00. The lowest BCUT2D eigenvalue weighted by molar-refractivity contribution is -0.385. The number of hydrogen-bond acceptors (Lipinski definition) is 4. The number of aromatic nitrogens is 1. The molecule has 1 aromatic heterocycles. The number of halogens is 1. The molecule has 1 aromatic carbocycles. The lowest BCUT2D eigenvalue weighted by Gasteiger charge is -2.06. The molecule has 0 unspecified atom stereocenters. The molecule has 2 rings (SSSR count). The number of pyridine rings is 1. The first-order valence-corrected chi connectivity index (χ1v) is 6.90. The van der Waals surface area contributed by atoms with Crippen LogP contribution in [0, 0.1) is 17.0 Å². The SMILES string of the molecule is Cc1ccc(CNCc2ccc(Br)cc2[N+](=O)[O-])cn1. The maximum absolute atomic E-state index is 11.0. The Morgan fingerprint density at radius 3 is 2.75 bits per heavy atom. The van der Waals surface area contributed by atoms with Crippen LogP contribution in [0.3, 0.4) is 0 Å². The van der Waals surface area contributed by atoms with Crippen molar-refractivity contribution in [2.45, 2.75) is 20.0 Å². The second-order valence-electron chi connectivity index (χ2n) is 4.44. The minimum atomic E-state index is -0.366. The average molecular weight is 336 g/mol. The Labute approximate surface area is 125 Å². The van der Waals surface area contributed by atoms with Crippen LogP contribution in [0.2, 0.25) is 0 Å². The Hall–Kier alpha value is -1.79. The number of nitro groups is 1. The van der Waals surface area contributed by atoms with Crippen molar-refractivity contribution >= 4 is 21.6 Å². The number of benzene rings is 1. The van der Waals surface area contributed by atoms with E-state index in [0.29, 0.717) is 23.1 Å². The number of nitrogens with zero attached hydrogens (tertiary/aromatic N) is 2. The van der Waals surface area contributed by atoms with Crippen LogP contribution in [0.5, 0.6) is 0 Å². The number of aryl methyl sites for hydroxylation is 1. The third-order valence-electron chi connectivity index (χ3n) is 2.86. The number of rotatable bonds is 5. The van der Waals surface area contributed by atoms with Crippen LogP contribution in [-0.4, -0.2) is 9.91 Å². The first-order chi connectivity index (χ1) is 9.56. The summed E-state index contributed by atoms with van der Waals surface area (Å²) in [6.45, 7) is 3.00. The first-order valence-electron chi connectivity index (χ1n) is 6.11. The van der Waals surface area contributed by atoms with Crippen molar-refractivity contribution in [3.8, 4) is 0 Å². The van der Waals surface area contributed by atoms with Crippen LogP contribution in [-0.2, 0) is 13.1 Å². The number of nitrogens with one attached hydrogen (secondary N) is 1. The topological polar surface area (TPSA) is 68.1 Å². The van der Waals surface area contributed by atoms with Crippen molar-refractivity contribution < 1.29 is 4.92 Å². The van der Waals surface area contributed by atoms with E-state index in [1.54, 1.807) is 18.3 Å². The summed E-state index contributed by atoms with van der Waals surface area (Å²) in [5.74, 6) is 0. The van der Waals surface area contributed by atoms with Gasteiger partial charge in [0.2, 0.25) is 0 Å². The van der Waals surface area contributed by atoms with Gasteiger partial charge in [0, 0.05) is 41.1 Å². The highest BCUT2D eigenvalue weighted by Crippen LogP contribution is 2.23. The predicted octanol–water partition coefficient (Wildman–Crippen LogP) is 3.35. The molecule has 2 aromatic rings. The zero-order chi connectivity index (χ0) is 14.5. The summed E-state index contributed by atoms with van der Waals surface area (Å²) < 4.78 is 0.704. The largest absolute Gasteiger partial charge is 0.308 e. The molecular formula is C14H14BrN3O2. The summed E-state index contributed by atoms with van der Waals surface area (Å²) >= 11 is 3.24. The van der Waals surface area contributed by atoms with Crippen LogP contribution in [0.15, 0.2) is 41.0 Å². The van der Waals surface area contributed by atoms with Gasteiger partial charge >= 0.3 is 0 Å². The molecule has 1 heterocycles. The van der Waals surface area contributed by atoms with E-state index in [2.05, 4.69) is 26.2 Å². The molecule has 0 bridgehead atoms. The molecule has 6 heteroatoms. The molecule has 0 aliphatic heterocycles. The van der Waals surface area contributed by atoms with Gasteiger partial charge in [0.1, 0.15) is 0 Å². The van der Waals surface area contributed by atoms with E-state index in [0.717, 1.165) is 11.3 Å². The number of hydrogen-bond donors (Lipinski definition) is 1. The summed E-state index contributed by atoms with van der Waals surface area (Å²) in [5, 5.41) is 14.2. The fraction of sp³-hybridized carbons (Fsp3) is 0.214. The van der Waals surface area contributed by atoms with E-state index in [1.165, 1.54) is 6.07 Å². The second kappa shape index (κ2) is 6.58. The van der Waals surface area contributed by atoms with E-state index >= 15 is 0 Å². The quantitative estimate of drug-likeness (QED) is 0.672. The van der Waals surface area contributed by atoms with Crippen molar-refractivity contribution in [2.24, 2.45) is 0 Å². The zero-order valence-electron chi connectivity index (χ0n) is 11.0. The smallest absolute Gasteiger partial charge is 0.275 e. The van der Waals surface area contributed by atoms with Gasteiger partial charge in [-0.1, -0.05) is 22.0 Å². The Morgan fingerprint density at radius 2 is 2.10 bits per heavy atom. The molecule has 104 valence electrons. The van der Waals surface area contributed by atoms with Crippen LogP contribution in [0.4, 0.5) is 5.69 Å². The summed E-state index contributed by atoms with van der Waals surface area (Å²) in [6.07, 6.45) is 1.80. The molecule has 0 atom stereocenters. The second-order valence-corrected chi connectivity index (χ2v) is 5.36. The van der Waals surface area contributed by atoms with Gasteiger partial charge in [0.25, 0.3) is 5.69 Å². The molecule has 0 fully saturated rings. The molecule has 1 N–H and O–H groups in total. The van der Waals surface area contributed by atoms with Crippen molar-refractivity contribution in [3.63, 3.8) is 0 Å². The van der Waals surface area contributed by atoms with Crippen LogP contribution in [0.25, 0.3) is 0 Å². The van der Waals surface area contributed by atoms with Crippen LogP contribution in [0.1, 0.15) is 16.8 Å². The van der Waals surface area contributed by atoms with Gasteiger partial charge in [0.15, 0.2) is 0 Å². The highest BCUT2D eigenvalue weighted by atomic mass is 79.9. The molecule has 0 spiro atoms. The van der Waals surface area contributed by atoms with Crippen LogP contribution >= 0.6 is 15.9 Å². The van der Waals surface area contributed by atoms with Gasteiger partial charge in [-0.05, 0) is 30.7 Å². The third-order valence-corrected chi connectivity index (χ3v) is 3.35. The summed E-state index contributed by atoms with van der Waals surface area (Å²) in [4.78, 5) is 14.8. The van der Waals surface area contributed by atoms with Gasteiger partial charge in [0.05, 0.1) is 4.92 Å². The molecule has 0 amide bonds. The van der Waals surface area contributed by atoms with E-state index in [9.17, 15) is 10.1 Å². The van der Waals surface area contributed by atoms with E-state index in [4.69, 9.17) is 0 Å². The molecule has 0 radical (unpaired) electrons. The normalized spacial score (nSPS) is 10.5. The Bertz CT molecular complexity index is 614. The minimum Gasteiger partial charge on any atom is -0.308 e. The van der Waals surface area contributed by atoms with Crippen molar-refractivity contribution in [1.29, 1.82) is 0 Å². The molecule has 0 aliphatic carbocycles. The van der Waals surface area contributed by atoms with Gasteiger partial charge < -0.3 is 5.32 Å². The van der Waals surface area contributed by atoms with Gasteiger partial charge in [-0.15, -0.1) is 0 Å². The Morgan fingerprint density at radius 1 is 1.30 bits per heavy atom. The molecule has 0 aliphatic rings. The molecule has 5 nitrogen and oxygen atoms in total. The summed E-state index contributed by atoms with van der Waals surface area (Å²) in [5.41, 5.74) is 2.81. The molecule has 0 saturated carbocycles. The first kappa shape index (κ1) is 14.6.